The molecule has 1 atom stereocenters. The highest BCUT2D eigenvalue weighted by molar-refractivity contribution is 7.07. The van der Waals surface area contributed by atoms with Gasteiger partial charge in [-0.1, -0.05) is 13.8 Å². The topological polar surface area (TPSA) is 21.3 Å². The van der Waals surface area contributed by atoms with E-state index in [9.17, 15) is 0 Å². The van der Waals surface area contributed by atoms with Crippen LogP contribution in [0.15, 0.2) is 16.8 Å². The highest BCUT2D eigenvalue weighted by Crippen LogP contribution is 2.16. The molecule has 0 fully saturated rings. The third-order valence-corrected chi connectivity index (χ3v) is 2.92. The van der Waals surface area contributed by atoms with E-state index in [1.54, 1.807) is 11.3 Å². The summed E-state index contributed by atoms with van der Waals surface area (Å²) in [6.07, 6.45) is 2.25. The van der Waals surface area contributed by atoms with E-state index in [1.807, 2.05) is 0 Å². The van der Waals surface area contributed by atoms with E-state index >= 15 is 0 Å². The van der Waals surface area contributed by atoms with Crippen molar-refractivity contribution in [3.05, 3.63) is 22.4 Å². The maximum Gasteiger partial charge on any atom is 0.0661 e. The van der Waals surface area contributed by atoms with Gasteiger partial charge in [-0.05, 0) is 41.8 Å². The van der Waals surface area contributed by atoms with Crippen molar-refractivity contribution in [1.29, 1.82) is 0 Å². The maximum atomic E-state index is 5.61. The SMILES string of the molecule is CCCNC(COCCC)c1ccsc1. The van der Waals surface area contributed by atoms with Crippen molar-refractivity contribution in [3.63, 3.8) is 0 Å². The van der Waals surface area contributed by atoms with Crippen LogP contribution in [0.4, 0.5) is 0 Å². The van der Waals surface area contributed by atoms with Crippen LogP contribution >= 0.6 is 11.3 Å². The Morgan fingerprint density at radius 3 is 2.87 bits per heavy atom. The second kappa shape index (κ2) is 7.85. The molecule has 3 heteroatoms. The van der Waals surface area contributed by atoms with Crippen LogP contribution < -0.4 is 5.32 Å². The first-order valence-electron chi connectivity index (χ1n) is 5.71. The highest BCUT2D eigenvalue weighted by atomic mass is 32.1. The van der Waals surface area contributed by atoms with E-state index in [4.69, 9.17) is 4.74 Å². The standard InChI is InChI=1S/C12H21NOS/c1-3-6-13-12(9-14-7-4-2)11-5-8-15-10-11/h5,8,10,12-13H,3-4,6-7,9H2,1-2H3. The Bertz CT molecular complexity index is 236. The molecule has 1 rings (SSSR count). The number of thiophene rings is 1. The van der Waals surface area contributed by atoms with Crippen molar-refractivity contribution in [2.45, 2.75) is 32.7 Å². The van der Waals surface area contributed by atoms with E-state index in [2.05, 4.69) is 36.0 Å². The minimum atomic E-state index is 0.364. The second-order valence-corrected chi connectivity index (χ2v) is 4.42. The molecule has 0 aromatic carbocycles. The molecular weight excluding hydrogens is 206 g/mol. The smallest absolute Gasteiger partial charge is 0.0661 e. The molecule has 0 saturated heterocycles. The normalized spacial score (nSPS) is 12.9. The summed E-state index contributed by atoms with van der Waals surface area (Å²) < 4.78 is 5.61. The summed E-state index contributed by atoms with van der Waals surface area (Å²) in [5.41, 5.74) is 1.35. The average Bonchev–Trinajstić information content (AvgIpc) is 2.76. The van der Waals surface area contributed by atoms with Crippen molar-refractivity contribution in [2.24, 2.45) is 0 Å². The molecule has 1 unspecified atom stereocenters. The Morgan fingerprint density at radius 1 is 1.40 bits per heavy atom. The molecule has 0 spiro atoms. The Hall–Kier alpha value is -0.380. The van der Waals surface area contributed by atoms with Crippen LogP contribution in [0.3, 0.4) is 0 Å². The summed E-state index contributed by atoms with van der Waals surface area (Å²) in [7, 11) is 0. The zero-order chi connectivity index (χ0) is 10.9. The molecule has 1 N–H and O–H groups in total. The fraction of sp³-hybridized carbons (Fsp3) is 0.667. The molecule has 0 aliphatic rings. The van der Waals surface area contributed by atoms with Gasteiger partial charge >= 0.3 is 0 Å². The number of nitrogens with one attached hydrogen (secondary N) is 1. The fourth-order valence-electron chi connectivity index (χ4n) is 1.41. The van der Waals surface area contributed by atoms with Gasteiger partial charge in [0.2, 0.25) is 0 Å². The zero-order valence-electron chi connectivity index (χ0n) is 9.66. The van der Waals surface area contributed by atoms with E-state index in [0.29, 0.717) is 6.04 Å². The van der Waals surface area contributed by atoms with Crippen LogP contribution in [0.1, 0.15) is 38.3 Å². The van der Waals surface area contributed by atoms with Gasteiger partial charge in [0.25, 0.3) is 0 Å². The molecule has 0 saturated carbocycles. The number of rotatable bonds is 8. The van der Waals surface area contributed by atoms with Crippen LogP contribution in [0, 0.1) is 0 Å². The van der Waals surface area contributed by atoms with Gasteiger partial charge < -0.3 is 10.1 Å². The van der Waals surface area contributed by atoms with Crippen molar-refractivity contribution < 1.29 is 4.74 Å². The van der Waals surface area contributed by atoms with Crippen molar-refractivity contribution in [2.75, 3.05) is 19.8 Å². The minimum Gasteiger partial charge on any atom is -0.379 e. The van der Waals surface area contributed by atoms with E-state index < -0.39 is 0 Å². The zero-order valence-corrected chi connectivity index (χ0v) is 10.5. The monoisotopic (exact) mass is 227 g/mol. The summed E-state index contributed by atoms with van der Waals surface area (Å²) in [6.45, 7) is 7.01. The first kappa shape index (κ1) is 12.7. The first-order valence-corrected chi connectivity index (χ1v) is 6.66. The molecule has 1 aromatic heterocycles. The lowest BCUT2D eigenvalue weighted by Crippen LogP contribution is -2.26. The fourth-order valence-corrected chi connectivity index (χ4v) is 2.12. The van der Waals surface area contributed by atoms with Crippen LogP contribution in [0.25, 0.3) is 0 Å². The number of ether oxygens (including phenoxy) is 1. The van der Waals surface area contributed by atoms with Gasteiger partial charge in [0.1, 0.15) is 0 Å². The molecule has 2 nitrogen and oxygen atoms in total. The van der Waals surface area contributed by atoms with Gasteiger partial charge in [0.15, 0.2) is 0 Å². The quantitative estimate of drug-likeness (QED) is 0.689. The van der Waals surface area contributed by atoms with Crippen molar-refractivity contribution in [1.82, 2.24) is 5.32 Å². The lowest BCUT2D eigenvalue weighted by Gasteiger charge is -2.17. The average molecular weight is 227 g/mol. The second-order valence-electron chi connectivity index (χ2n) is 3.64. The Labute approximate surface area is 96.7 Å². The van der Waals surface area contributed by atoms with Gasteiger partial charge in [0.05, 0.1) is 12.6 Å². The summed E-state index contributed by atoms with van der Waals surface area (Å²) in [6, 6.07) is 2.54. The van der Waals surface area contributed by atoms with Crippen molar-refractivity contribution >= 4 is 11.3 Å². The molecule has 0 aliphatic heterocycles. The number of hydrogen-bond donors (Lipinski definition) is 1. The molecule has 15 heavy (non-hydrogen) atoms. The van der Waals surface area contributed by atoms with E-state index in [-0.39, 0.29) is 0 Å². The number of hydrogen-bond acceptors (Lipinski definition) is 3. The summed E-state index contributed by atoms with van der Waals surface area (Å²) in [5, 5.41) is 7.83. The first-order chi connectivity index (χ1) is 7.38. The highest BCUT2D eigenvalue weighted by Gasteiger charge is 2.10. The minimum absolute atomic E-state index is 0.364. The van der Waals surface area contributed by atoms with Gasteiger partial charge in [-0.3, -0.25) is 0 Å². The lowest BCUT2D eigenvalue weighted by molar-refractivity contribution is 0.112. The Kier molecular flexibility index (Phi) is 6.64. The molecular formula is C12H21NOS. The molecule has 0 bridgehead atoms. The van der Waals surface area contributed by atoms with Gasteiger partial charge in [-0.15, -0.1) is 0 Å². The van der Waals surface area contributed by atoms with Crippen LogP contribution in [-0.4, -0.2) is 19.8 Å². The summed E-state index contributed by atoms with van der Waals surface area (Å²) >= 11 is 1.75. The molecule has 0 radical (unpaired) electrons. The lowest BCUT2D eigenvalue weighted by atomic mass is 10.1. The Balaban J connectivity index is 2.39. The van der Waals surface area contributed by atoms with Gasteiger partial charge in [-0.2, -0.15) is 11.3 Å². The van der Waals surface area contributed by atoms with E-state index in [0.717, 1.165) is 32.6 Å². The predicted molar refractivity (Wildman–Crippen MR) is 66.5 cm³/mol. The third-order valence-electron chi connectivity index (χ3n) is 2.22. The molecule has 0 aliphatic carbocycles. The largest absolute Gasteiger partial charge is 0.379 e. The Morgan fingerprint density at radius 2 is 2.27 bits per heavy atom. The van der Waals surface area contributed by atoms with E-state index in [1.165, 1.54) is 5.56 Å². The molecule has 0 amide bonds. The van der Waals surface area contributed by atoms with Gasteiger partial charge in [0, 0.05) is 6.61 Å². The maximum absolute atomic E-state index is 5.61. The molecule has 1 aromatic rings. The van der Waals surface area contributed by atoms with Crippen LogP contribution in [-0.2, 0) is 4.74 Å². The molecule has 86 valence electrons. The predicted octanol–water partition coefficient (Wildman–Crippen LogP) is 3.22. The van der Waals surface area contributed by atoms with Gasteiger partial charge in [-0.25, -0.2) is 0 Å². The molecule has 1 heterocycles. The van der Waals surface area contributed by atoms with Crippen molar-refractivity contribution in [3.8, 4) is 0 Å². The third kappa shape index (κ3) is 4.78. The summed E-state index contributed by atoms with van der Waals surface area (Å²) in [4.78, 5) is 0. The summed E-state index contributed by atoms with van der Waals surface area (Å²) in [5.74, 6) is 0. The van der Waals surface area contributed by atoms with Crippen LogP contribution in [0.2, 0.25) is 0 Å². The van der Waals surface area contributed by atoms with Crippen LogP contribution in [0.5, 0.6) is 0 Å².